The number of likely N-dealkylation sites (tertiary alicyclic amines) is 1. The largest absolute Gasteiger partial charge is 0.486 e. The van der Waals surface area contributed by atoms with E-state index in [-0.39, 0.29) is 12.5 Å². The van der Waals surface area contributed by atoms with Gasteiger partial charge in [0.2, 0.25) is 0 Å². The van der Waals surface area contributed by atoms with Gasteiger partial charge < -0.3 is 18.9 Å². The molecule has 1 aliphatic heterocycles. The number of nitrogens with zero attached hydrogens (tertiary/aromatic N) is 4. The van der Waals surface area contributed by atoms with Gasteiger partial charge in [0.15, 0.2) is 6.61 Å². The Morgan fingerprint density at radius 3 is 2.47 bits per heavy atom. The number of carbonyl (C=O) groups excluding carboxylic acids is 1. The van der Waals surface area contributed by atoms with Crippen molar-refractivity contribution in [3.8, 4) is 11.5 Å². The first-order chi connectivity index (χ1) is 16.8. The van der Waals surface area contributed by atoms with Crippen LogP contribution in [-0.4, -0.2) is 45.0 Å². The maximum absolute atomic E-state index is 12.6. The summed E-state index contributed by atoms with van der Waals surface area (Å²) in [6, 6.07) is 21.6. The van der Waals surface area contributed by atoms with E-state index < -0.39 is 0 Å². The number of hydrogen-bond donors (Lipinski definition) is 0. The van der Waals surface area contributed by atoms with Crippen molar-refractivity contribution in [2.45, 2.75) is 26.0 Å². The van der Waals surface area contributed by atoms with E-state index in [1.54, 1.807) is 24.5 Å². The lowest BCUT2D eigenvalue weighted by atomic mass is 9.96. The summed E-state index contributed by atoms with van der Waals surface area (Å²) >= 11 is 0. The summed E-state index contributed by atoms with van der Waals surface area (Å²) in [5.41, 5.74) is 2.10. The molecule has 1 saturated heterocycles. The molecule has 1 amide bonds. The van der Waals surface area contributed by atoms with Crippen molar-refractivity contribution in [1.29, 1.82) is 0 Å². The number of aromatic nitrogens is 3. The van der Waals surface area contributed by atoms with Crippen LogP contribution in [-0.2, 0) is 17.9 Å². The highest BCUT2D eigenvalue weighted by molar-refractivity contribution is 5.78. The van der Waals surface area contributed by atoms with Crippen LogP contribution in [0.4, 0.5) is 0 Å². The molecule has 4 aromatic rings. The fourth-order valence-electron chi connectivity index (χ4n) is 4.40. The molecule has 0 radical (unpaired) electrons. The lowest BCUT2D eigenvalue weighted by Crippen LogP contribution is -2.41. The smallest absolute Gasteiger partial charge is 0.260 e. The molecule has 0 atom stereocenters. The van der Waals surface area contributed by atoms with Gasteiger partial charge in [-0.2, -0.15) is 0 Å². The van der Waals surface area contributed by atoms with Gasteiger partial charge in [-0.15, -0.1) is 0 Å². The minimum absolute atomic E-state index is 0.0207. The first-order valence-corrected chi connectivity index (χ1v) is 11.7. The average molecular weight is 457 g/mol. The van der Waals surface area contributed by atoms with Gasteiger partial charge in [-0.3, -0.25) is 9.78 Å². The van der Waals surface area contributed by atoms with Crippen LogP contribution >= 0.6 is 0 Å². The number of imidazole rings is 1. The second-order valence-corrected chi connectivity index (χ2v) is 8.53. The van der Waals surface area contributed by atoms with Crippen LogP contribution < -0.4 is 9.47 Å². The van der Waals surface area contributed by atoms with Crippen LogP contribution in [0.1, 0.15) is 18.7 Å². The Bertz CT molecular complexity index is 1220. The molecule has 0 aliphatic carbocycles. The van der Waals surface area contributed by atoms with Crippen molar-refractivity contribution in [1.82, 2.24) is 19.4 Å². The van der Waals surface area contributed by atoms with Crippen LogP contribution in [0, 0.1) is 5.92 Å². The zero-order chi connectivity index (χ0) is 23.2. The molecule has 0 N–H and O–H groups in total. The molecule has 3 heterocycles. The molecule has 2 aromatic carbocycles. The third-order valence-electron chi connectivity index (χ3n) is 6.25. The van der Waals surface area contributed by atoms with E-state index in [9.17, 15) is 4.79 Å². The van der Waals surface area contributed by atoms with Crippen LogP contribution in [0.2, 0.25) is 0 Å². The maximum atomic E-state index is 12.6. The maximum Gasteiger partial charge on any atom is 0.260 e. The van der Waals surface area contributed by atoms with Gasteiger partial charge in [0.25, 0.3) is 5.91 Å². The summed E-state index contributed by atoms with van der Waals surface area (Å²) in [5.74, 6) is 2.86. The summed E-state index contributed by atoms with van der Waals surface area (Å²) in [7, 11) is 0. The van der Waals surface area contributed by atoms with Crippen molar-refractivity contribution < 1.29 is 14.3 Å². The number of ether oxygens (including phenoxy) is 2. The molecule has 1 aliphatic rings. The van der Waals surface area contributed by atoms with E-state index in [1.165, 1.54) is 0 Å². The number of pyridine rings is 1. The number of amides is 1. The molecule has 0 unspecified atom stereocenters. The van der Waals surface area contributed by atoms with Gasteiger partial charge in [0.1, 0.15) is 23.9 Å². The monoisotopic (exact) mass is 456 g/mol. The molecule has 34 heavy (non-hydrogen) atoms. The van der Waals surface area contributed by atoms with E-state index in [2.05, 4.69) is 15.6 Å². The number of hydrogen-bond acceptors (Lipinski definition) is 5. The second kappa shape index (κ2) is 10.4. The summed E-state index contributed by atoms with van der Waals surface area (Å²) in [4.78, 5) is 23.3. The lowest BCUT2D eigenvalue weighted by molar-refractivity contribution is -0.134. The summed E-state index contributed by atoms with van der Waals surface area (Å²) in [6.45, 7) is 2.80. The zero-order valence-electron chi connectivity index (χ0n) is 19.0. The van der Waals surface area contributed by atoms with Crippen molar-refractivity contribution in [2.75, 3.05) is 19.7 Å². The Morgan fingerprint density at radius 2 is 1.68 bits per heavy atom. The quantitative estimate of drug-likeness (QED) is 0.395. The fraction of sp³-hybridized carbons (Fsp3) is 0.296. The van der Waals surface area contributed by atoms with E-state index in [4.69, 9.17) is 14.5 Å². The molecular formula is C27H28N4O3. The summed E-state index contributed by atoms with van der Waals surface area (Å²) in [5, 5.41) is 0. The standard InChI is InChI=1S/C27H28N4O3/c32-27(20-34-23-9-6-14-28-17-23)30-15-12-21(13-16-30)18-31-25-11-5-4-10-24(25)29-26(31)19-33-22-7-2-1-3-8-22/h1-11,14,17,21H,12-13,15-16,18-20H2. The van der Waals surface area contributed by atoms with E-state index >= 15 is 0 Å². The number of rotatable bonds is 8. The molecule has 174 valence electrons. The first-order valence-electron chi connectivity index (χ1n) is 11.7. The molecule has 0 bridgehead atoms. The van der Waals surface area contributed by atoms with Gasteiger partial charge in [-0.05, 0) is 55.2 Å². The van der Waals surface area contributed by atoms with Crippen LogP contribution in [0.3, 0.4) is 0 Å². The molecule has 0 spiro atoms. The SMILES string of the molecule is O=C(COc1cccnc1)N1CCC(Cn2c(COc3ccccc3)nc3ccccc32)CC1. The predicted octanol–water partition coefficient (Wildman–Crippen LogP) is 4.33. The van der Waals surface area contributed by atoms with Gasteiger partial charge in [-0.1, -0.05) is 30.3 Å². The molecule has 0 saturated carbocycles. The number of piperidine rings is 1. The van der Waals surface area contributed by atoms with Crippen molar-refractivity contribution >= 4 is 16.9 Å². The third kappa shape index (κ3) is 5.20. The Kier molecular flexibility index (Phi) is 6.70. The normalized spacial score (nSPS) is 14.3. The van der Waals surface area contributed by atoms with Crippen molar-refractivity contribution in [2.24, 2.45) is 5.92 Å². The van der Waals surface area contributed by atoms with Gasteiger partial charge in [0.05, 0.1) is 17.2 Å². The van der Waals surface area contributed by atoms with E-state index in [0.29, 0.717) is 18.3 Å². The minimum Gasteiger partial charge on any atom is -0.486 e. The average Bonchev–Trinajstić information content (AvgIpc) is 3.25. The third-order valence-corrected chi connectivity index (χ3v) is 6.25. The highest BCUT2D eigenvalue weighted by Gasteiger charge is 2.25. The predicted molar refractivity (Wildman–Crippen MR) is 130 cm³/mol. The zero-order valence-corrected chi connectivity index (χ0v) is 19.0. The summed E-state index contributed by atoms with van der Waals surface area (Å²) < 4.78 is 13.9. The van der Waals surface area contributed by atoms with Crippen molar-refractivity contribution in [3.63, 3.8) is 0 Å². The number of para-hydroxylation sites is 3. The van der Waals surface area contributed by atoms with Gasteiger partial charge >= 0.3 is 0 Å². The van der Waals surface area contributed by atoms with E-state index in [0.717, 1.165) is 55.1 Å². The lowest BCUT2D eigenvalue weighted by Gasteiger charge is -2.32. The molecule has 7 nitrogen and oxygen atoms in total. The Morgan fingerprint density at radius 1 is 0.912 bits per heavy atom. The van der Waals surface area contributed by atoms with Crippen molar-refractivity contribution in [3.05, 3.63) is 84.9 Å². The molecule has 5 rings (SSSR count). The minimum atomic E-state index is 0.0207. The topological polar surface area (TPSA) is 69.5 Å². The highest BCUT2D eigenvalue weighted by Crippen LogP contribution is 2.25. The Labute approximate surface area is 199 Å². The molecule has 7 heteroatoms. The summed E-state index contributed by atoms with van der Waals surface area (Å²) in [6.07, 6.45) is 5.20. The second-order valence-electron chi connectivity index (χ2n) is 8.53. The number of benzene rings is 2. The fourth-order valence-corrected chi connectivity index (χ4v) is 4.40. The van der Waals surface area contributed by atoms with Gasteiger partial charge in [-0.25, -0.2) is 4.98 Å². The molecule has 1 fully saturated rings. The van der Waals surface area contributed by atoms with Gasteiger partial charge in [0, 0.05) is 25.8 Å². The van der Waals surface area contributed by atoms with Crippen LogP contribution in [0.5, 0.6) is 11.5 Å². The Hall–Kier alpha value is -3.87. The van der Waals surface area contributed by atoms with Crippen LogP contribution in [0.25, 0.3) is 11.0 Å². The Balaban J connectivity index is 1.20. The van der Waals surface area contributed by atoms with E-state index in [1.807, 2.05) is 53.4 Å². The number of fused-ring (bicyclic) bond motifs is 1. The first kappa shape index (κ1) is 21.9. The number of carbonyl (C=O) groups is 1. The molecule has 2 aromatic heterocycles. The highest BCUT2D eigenvalue weighted by atomic mass is 16.5. The van der Waals surface area contributed by atoms with Crippen LogP contribution in [0.15, 0.2) is 79.1 Å². The molecular weight excluding hydrogens is 428 g/mol.